The summed E-state index contributed by atoms with van der Waals surface area (Å²) in [6.07, 6.45) is 8.82. The van der Waals surface area contributed by atoms with Crippen molar-refractivity contribution in [2.45, 2.75) is 45.6 Å². The maximum atomic E-state index is 12.3. The van der Waals surface area contributed by atoms with Crippen LogP contribution in [0, 0.1) is 17.8 Å². The Kier molecular flexibility index (Phi) is 5.67. The molecule has 0 aromatic heterocycles. The Balaban J connectivity index is 1.57. The molecule has 25 heavy (non-hydrogen) atoms. The lowest BCUT2D eigenvalue weighted by molar-refractivity contribution is -0.117. The summed E-state index contributed by atoms with van der Waals surface area (Å²) in [4.78, 5) is 12.3. The Morgan fingerprint density at radius 1 is 1.32 bits per heavy atom. The number of nitrogens with one attached hydrogen (secondary N) is 1. The number of carbonyl (C=O) groups is 1. The summed E-state index contributed by atoms with van der Waals surface area (Å²) in [5.74, 6) is 3.75. The molecule has 0 heterocycles. The van der Waals surface area contributed by atoms with Crippen LogP contribution < -0.4 is 14.8 Å². The summed E-state index contributed by atoms with van der Waals surface area (Å²) in [5, 5.41) is 3.16. The van der Waals surface area contributed by atoms with Gasteiger partial charge in [-0.3, -0.25) is 4.79 Å². The predicted molar refractivity (Wildman–Crippen MR) is 99.7 cm³/mol. The van der Waals surface area contributed by atoms with E-state index in [1.165, 1.54) is 25.7 Å². The smallest absolute Gasteiger partial charge is 0.244 e. The molecule has 1 amide bonds. The quantitative estimate of drug-likeness (QED) is 0.760. The molecule has 4 heteroatoms. The Morgan fingerprint density at radius 2 is 2.16 bits per heavy atom. The number of hydrogen-bond donors (Lipinski definition) is 1. The van der Waals surface area contributed by atoms with Crippen molar-refractivity contribution in [2.75, 3.05) is 13.7 Å². The second-order valence-electron chi connectivity index (χ2n) is 7.31. The molecule has 2 bridgehead atoms. The Bertz CT molecular complexity index is 640. The van der Waals surface area contributed by atoms with E-state index in [1.807, 2.05) is 31.2 Å². The van der Waals surface area contributed by atoms with Crippen LogP contribution in [0.25, 0.3) is 6.08 Å². The lowest BCUT2D eigenvalue weighted by Crippen LogP contribution is -2.39. The van der Waals surface area contributed by atoms with E-state index in [-0.39, 0.29) is 11.9 Å². The van der Waals surface area contributed by atoms with Gasteiger partial charge in [0, 0.05) is 12.1 Å². The maximum Gasteiger partial charge on any atom is 0.244 e. The van der Waals surface area contributed by atoms with Crippen molar-refractivity contribution >= 4 is 12.0 Å². The average molecular weight is 343 g/mol. The normalized spacial score (nSPS) is 26.0. The molecule has 3 rings (SSSR count). The van der Waals surface area contributed by atoms with Gasteiger partial charge in [0.25, 0.3) is 0 Å². The number of methoxy groups -OCH3 is 1. The van der Waals surface area contributed by atoms with Crippen molar-refractivity contribution in [1.82, 2.24) is 5.32 Å². The Hall–Kier alpha value is -1.97. The highest BCUT2D eigenvalue weighted by Gasteiger charge is 2.41. The molecule has 2 aliphatic rings. The van der Waals surface area contributed by atoms with Crippen molar-refractivity contribution < 1.29 is 14.3 Å². The minimum Gasteiger partial charge on any atom is -0.493 e. The second-order valence-corrected chi connectivity index (χ2v) is 7.31. The third-order valence-electron chi connectivity index (χ3n) is 5.72. The molecule has 1 aromatic rings. The topological polar surface area (TPSA) is 47.6 Å². The summed E-state index contributed by atoms with van der Waals surface area (Å²) in [5.41, 5.74) is 0.919. The number of fused-ring (bicyclic) bond motifs is 2. The number of hydrogen-bond acceptors (Lipinski definition) is 3. The first kappa shape index (κ1) is 17.8. The Morgan fingerprint density at radius 3 is 2.80 bits per heavy atom. The molecule has 2 aliphatic carbocycles. The fourth-order valence-electron chi connectivity index (χ4n) is 4.52. The number of carbonyl (C=O) groups excluding carboxylic acids is 1. The Labute approximate surface area is 150 Å². The fraction of sp³-hybridized carbons (Fsp3) is 0.571. The van der Waals surface area contributed by atoms with Crippen LogP contribution in [0.3, 0.4) is 0 Å². The highest BCUT2D eigenvalue weighted by molar-refractivity contribution is 5.92. The molecular formula is C21H29NO3. The van der Waals surface area contributed by atoms with Crippen LogP contribution in [0.4, 0.5) is 0 Å². The average Bonchev–Trinajstić information content (AvgIpc) is 3.24. The minimum absolute atomic E-state index is 0.0249. The zero-order valence-corrected chi connectivity index (χ0v) is 15.5. The number of amides is 1. The second kappa shape index (κ2) is 7.94. The van der Waals surface area contributed by atoms with Crippen molar-refractivity contribution in [3.63, 3.8) is 0 Å². The van der Waals surface area contributed by atoms with Crippen LogP contribution in [-0.2, 0) is 4.79 Å². The summed E-state index contributed by atoms with van der Waals surface area (Å²) in [7, 11) is 1.62. The van der Waals surface area contributed by atoms with Gasteiger partial charge in [-0.25, -0.2) is 0 Å². The monoisotopic (exact) mass is 343 g/mol. The zero-order chi connectivity index (χ0) is 17.8. The van der Waals surface area contributed by atoms with Crippen LogP contribution in [-0.4, -0.2) is 25.7 Å². The molecule has 1 N–H and O–H groups in total. The van der Waals surface area contributed by atoms with Gasteiger partial charge in [0.1, 0.15) is 0 Å². The van der Waals surface area contributed by atoms with Crippen LogP contribution in [0.15, 0.2) is 24.3 Å². The van der Waals surface area contributed by atoms with E-state index >= 15 is 0 Å². The van der Waals surface area contributed by atoms with Gasteiger partial charge >= 0.3 is 0 Å². The molecule has 1 aromatic carbocycles. The summed E-state index contributed by atoms with van der Waals surface area (Å²) < 4.78 is 10.9. The number of benzene rings is 1. The lowest BCUT2D eigenvalue weighted by Gasteiger charge is -2.28. The molecule has 4 unspecified atom stereocenters. The van der Waals surface area contributed by atoms with Gasteiger partial charge in [0.2, 0.25) is 5.91 Å². The molecule has 0 saturated heterocycles. The van der Waals surface area contributed by atoms with E-state index in [2.05, 4.69) is 12.2 Å². The zero-order valence-electron chi connectivity index (χ0n) is 15.5. The third kappa shape index (κ3) is 4.17. The summed E-state index contributed by atoms with van der Waals surface area (Å²) >= 11 is 0. The maximum absolute atomic E-state index is 12.3. The van der Waals surface area contributed by atoms with E-state index in [1.54, 1.807) is 13.2 Å². The predicted octanol–water partition coefficient (Wildman–Crippen LogP) is 4.05. The van der Waals surface area contributed by atoms with Gasteiger partial charge in [-0.2, -0.15) is 0 Å². The van der Waals surface area contributed by atoms with E-state index in [0.29, 0.717) is 18.3 Å². The van der Waals surface area contributed by atoms with Crippen molar-refractivity contribution in [3.05, 3.63) is 29.8 Å². The van der Waals surface area contributed by atoms with Gasteiger partial charge in [0.15, 0.2) is 11.5 Å². The van der Waals surface area contributed by atoms with E-state index in [9.17, 15) is 4.79 Å². The van der Waals surface area contributed by atoms with Gasteiger partial charge in [-0.1, -0.05) is 12.5 Å². The fourth-order valence-corrected chi connectivity index (χ4v) is 4.52. The van der Waals surface area contributed by atoms with Gasteiger partial charge in [-0.15, -0.1) is 0 Å². The number of ether oxygens (including phenoxy) is 2. The van der Waals surface area contributed by atoms with Crippen LogP contribution in [0.1, 0.15) is 45.1 Å². The molecular weight excluding hydrogens is 314 g/mol. The third-order valence-corrected chi connectivity index (χ3v) is 5.72. The van der Waals surface area contributed by atoms with Crippen LogP contribution in [0.2, 0.25) is 0 Å². The molecule has 0 radical (unpaired) electrons. The highest BCUT2D eigenvalue weighted by atomic mass is 16.5. The van der Waals surface area contributed by atoms with Crippen molar-refractivity contribution in [2.24, 2.45) is 17.8 Å². The molecule has 0 spiro atoms. The molecule has 4 nitrogen and oxygen atoms in total. The van der Waals surface area contributed by atoms with Gasteiger partial charge < -0.3 is 14.8 Å². The molecule has 2 fully saturated rings. The van der Waals surface area contributed by atoms with E-state index in [0.717, 1.165) is 23.1 Å². The van der Waals surface area contributed by atoms with Crippen LogP contribution in [0.5, 0.6) is 11.5 Å². The first-order valence-corrected chi connectivity index (χ1v) is 9.40. The first-order chi connectivity index (χ1) is 12.1. The van der Waals surface area contributed by atoms with Gasteiger partial charge in [0.05, 0.1) is 13.7 Å². The summed E-state index contributed by atoms with van der Waals surface area (Å²) in [6.45, 7) is 4.68. The minimum atomic E-state index is -0.0249. The molecule has 0 aliphatic heterocycles. The van der Waals surface area contributed by atoms with Crippen molar-refractivity contribution in [1.29, 1.82) is 0 Å². The van der Waals surface area contributed by atoms with E-state index < -0.39 is 0 Å². The molecule has 2 saturated carbocycles. The summed E-state index contributed by atoms with van der Waals surface area (Å²) in [6, 6.07) is 5.94. The standard InChI is InChI=1S/C21H29NO3/c1-4-25-19-9-6-15(13-20(19)24-3)7-10-21(23)22-14(2)18-12-16-5-8-17(18)11-16/h6-7,9-10,13-14,16-18H,4-5,8,11-12H2,1-3H3,(H,22,23)/b10-7+. The van der Waals surface area contributed by atoms with E-state index in [4.69, 9.17) is 9.47 Å². The number of rotatable bonds is 7. The molecule has 136 valence electrons. The SMILES string of the molecule is CCOc1ccc(/C=C/C(=O)NC(C)C2CC3CCC2C3)cc1OC. The van der Waals surface area contributed by atoms with Crippen LogP contribution >= 0.6 is 0 Å². The van der Waals surface area contributed by atoms with Crippen molar-refractivity contribution in [3.8, 4) is 11.5 Å². The molecule has 4 atom stereocenters. The highest BCUT2D eigenvalue weighted by Crippen LogP contribution is 2.49. The largest absolute Gasteiger partial charge is 0.493 e. The lowest BCUT2D eigenvalue weighted by atomic mass is 9.84. The van der Waals surface area contributed by atoms with Gasteiger partial charge in [-0.05, 0) is 74.6 Å². The first-order valence-electron chi connectivity index (χ1n) is 9.40.